The van der Waals surface area contributed by atoms with Gasteiger partial charge >= 0.3 is 0 Å². The molecule has 0 radical (unpaired) electrons. The number of nitrogens with zero attached hydrogens (tertiary/aromatic N) is 2. The highest BCUT2D eigenvalue weighted by atomic mass is 32.2. The summed E-state index contributed by atoms with van der Waals surface area (Å²) in [6, 6.07) is 7.41. The lowest BCUT2D eigenvalue weighted by atomic mass is 10.2. The summed E-state index contributed by atoms with van der Waals surface area (Å²) >= 11 is 3.07. The summed E-state index contributed by atoms with van der Waals surface area (Å²) < 4.78 is 15.6. The number of carbonyl (C=O) groups is 1. The van der Waals surface area contributed by atoms with E-state index in [1.807, 2.05) is 30.5 Å². The van der Waals surface area contributed by atoms with Crippen molar-refractivity contribution in [3.8, 4) is 22.1 Å². The Balaban J connectivity index is 1.59. The fraction of sp³-hybridized carbons (Fsp3) is 0.316. The third-order valence-electron chi connectivity index (χ3n) is 3.91. The molecule has 3 aromatic rings. The minimum Gasteiger partial charge on any atom is -0.493 e. The molecule has 3 rings (SSSR count). The zero-order chi connectivity index (χ0) is 20.1. The van der Waals surface area contributed by atoms with Gasteiger partial charge in [-0.2, -0.15) is 0 Å². The summed E-state index contributed by atoms with van der Waals surface area (Å²) in [6.45, 7) is 3.63. The number of aromatic nitrogens is 2. The Kier molecular flexibility index (Phi) is 6.58. The van der Waals surface area contributed by atoms with Crippen LogP contribution in [0.2, 0.25) is 0 Å². The summed E-state index contributed by atoms with van der Waals surface area (Å²) in [7, 11) is 3.22. The number of nitrogens with one attached hydrogen (secondary N) is 1. The Labute approximate surface area is 171 Å². The minimum atomic E-state index is -0.247. The van der Waals surface area contributed by atoms with Crippen molar-refractivity contribution in [2.75, 3.05) is 19.5 Å². The second kappa shape index (κ2) is 9.11. The molecule has 0 saturated heterocycles. The number of anilines is 1. The number of benzene rings is 1. The molecular formula is C19H21N3O4S2. The molecule has 1 amide bonds. The maximum absolute atomic E-state index is 12.2. The SMILES string of the molecule is COc1ccc(-c2nc(CSC(C)C(=O)Nc3cc(C)on3)cs2)cc1OC. The summed E-state index contributed by atoms with van der Waals surface area (Å²) in [5.74, 6) is 2.95. The zero-order valence-electron chi connectivity index (χ0n) is 16.0. The number of thiazole rings is 1. The highest BCUT2D eigenvalue weighted by molar-refractivity contribution is 7.99. The molecule has 7 nitrogen and oxygen atoms in total. The number of rotatable bonds is 8. The Hall–Kier alpha value is -2.52. The molecular weight excluding hydrogens is 398 g/mol. The van der Waals surface area contributed by atoms with Crippen molar-refractivity contribution in [2.24, 2.45) is 0 Å². The van der Waals surface area contributed by atoms with Gasteiger partial charge in [-0.15, -0.1) is 23.1 Å². The first kappa shape index (κ1) is 20.2. The van der Waals surface area contributed by atoms with Crippen LogP contribution in [-0.2, 0) is 10.5 Å². The van der Waals surface area contributed by atoms with Crippen molar-refractivity contribution >= 4 is 34.8 Å². The number of methoxy groups -OCH3 is 2. The molecule has 1 N–H and O–H groups in total. The lowest BCUT2D eigenvalue weighted by Crippen LogP contribution is -2.22. The average Bonchev–Trinajstić information content (AvgIpc) is 3.34. The first-order valence-corrected chi connectivity index (χ1v) is 10.5. The van der Waals surface area contributed by atoms with Crippen LogP contribution in [0.5, 0.6) is 11.5 Å². The van der Waals surface area contributed by atoms with Crippen LogP contribution in [0.15, 0.2) is 34.2 Å². The van der Waals surface area contributed by atoms with E-state index in [2.05, 4.69) is 15.5 Å². The van der Waals surface area contributed by atoms with Crippen LogP contribution in [0.25, 0.3) is 10.6 Å². The number of hydrogen-bond acceptors (Lipinski definition) is 8. The third kappa shape index (κ3) is 4.85. The molecule has 0 fully saturated rings. The normalized spacial score (nSPS) is 11.9. The van der Waals surface area contributed by atoms with Crippen LogP contribution in [-0.4, -0.2) is 35.5 Å². The van der Waals surface area contributed by atoms with Crippen LogP contribution < -0.4 is 14.8 Å². The van der Waals surface area contributed by atoms with Crippen LogP contribution in [0.4, 0.5) is 5.82 Å². The van der Waals surface area contributed by atoms with Crippen LogP contribution in [0, 0.1) is 6.92 Å². The molecule has 0 saturated carbocycles. The summed E-state index contributed by atoms with van der Waals surface area (Å²) in [4.78, 5) is 16.9. The largest absolute Gasteiger partial charge is 0.493 e. The average molecular weight is 420 g/mol. The van der Waals surface area contributed by atoms with Crippen LogP contribution in [0.3, 0.4) is 0 Å². The molecule has 28 heavy (non-hydrogen) atoms. The second-order valence-electron chi connectivity index (χ2n) is 5.98. The topological polar surface area (TPSA) is 86.5 Å². The van der Waals surface area contributed by atoms with E-state index in [4.69, 9.17) is 14.0 Å². The maximum Gasteiger partial charge on any atom is 0.238 e. The first-order chi connectivity index (χ1) is 13.5. The molecule has 0 aliphatic rings. The zero-order valence-corrected chi connectivity index (χ0v) is 17.6. The van der Waals surface area contributed by atoms with Crippen molar-refractivity contribution in [3.63, 3.8) is 0 Å². The van der Waals surface area contributed by atoms with Gasteiger partial charge in [-0.05, 0) is 32.0 Å². The van der Waals surface area contributed by atoms with Gasteiger partial charge in [-0.1, -0.05) is 5.16 Å². The van der Waals surface area contributed by atoms with E-state index in [1.54, 1.807) is 38.5 Å². The van der Waals surface area contributed by atoms with Crippen molar-refractivity contribution in [2.45, 2.75) is 24.9 Å². The van der Waals surface area contributed by atoms with Gasteiger partial charge in [0, 0.05) is 22.8 Å². The Morgan fingerprint density at radius 2 is 2.07 bits per heavy atom. The summed E-state index contributed by atoms with van der Waals surface area (Å²) in [6.07, 6.45) is 0. The lowest BCUT2D eigenvalue weighted by Gasteiger charge is -2.09. The standard InChI is InChI=1S/C19H21N3O4S2/c1-11-7-17(22-26-11)21-18(23)12(2)27-9-14-10-28-19(20-14)13-5-6-15(24-3)16(8-13)25-4/h5-8,10,12H,9H2,1-4H3,(H,21,22,23). The predicted octanol–water partition coefficient (Wildman–Crippen LogP) is 4.38. The van der Waals surface area contributed by atoms with Crippen molar-refractivity contribution < 1.29 is 18.8 Å². The highest BCUT2D eigenvalue weighted by Crippen LogP contribution is 2.34. The predicted molar refractivity (Wildman–Crippen MR) is 111 cm³/mol. The molecule has 0 aliphatic carbocycles. The van der Waals surface area contributed by atoms with Gasteiger partial charge < -0.3 is 19.3 Å². The van der Waals surface area contributed by atoms with Gasteiger partial charge in [-0.25, -0.2) is 4.98 Å². The molecule has 0 spiro atoms. The lowest BCUT2D eigenvalue weighted by molar-refractivity contribution is -0.115. The van der Waals surface area contributed by atoms with Crippen LogP contribution >= 0.6 is 23.1 Å². The molecule has 9 heteroatoms. The van der Waals surface area contributed by atoms with Gasteiger partial charge in [0.05, 0.1) is 25.2 Å². The van der Waals surface area contributed by atoms with Crippen molar-refractivity contribution in [1.82, 2.24) is 10.1 Å². The number of ether oxygens (including phenoxy) is 2. The molecule has 2 aromatic heterocycles. The molecule has 0 bridgehead atoms. The molecule has 0 aliphatic heterocycles. The van der Waals surface area contributed by atoms with Crippen molar-refractivity contribution in [1.29, 1.82) is 0 Å². The van der Waals surface area contributed by atoms with E-state index >= 15 is 0 Å². The van der Waals surface area contributed by atoms with Gasteiger partial charge in [0.25, 0.3) is 0 Å². The molecule has 1 atom stereocenters. The van der Waals surface area contributed by atoms with Gasteiger partial charge in [0.2, 0.25) is 5.91 Å². The molecule has 2 heterocycles. The number of carbonyl (C=O) groups excluding carboxylic acids is 1. The summed E-state index contributed by atoms with van der Waals surface area (Å²) in [5, 5.41) is 9.17. The number of hydrogen-bond donors (Lipinski definition) is 1. The molecule has 1 aromatic carbocycles. The Morgan fingerprint density at radius 3 is 2.75 bits per heavy atom. The van der Waals surface area contributed by atoms with E-state index in [-0.39, 0.29) is 11.2 Å². The van der Waals surface area contributed by atoms with Gasteiger partial charge in [-0.3, -0.25) is 4.79 Å². The third-order valence-corrected chi connectivity index (χ3v) is 6.03. The van der Waals surface area contributed by atoms with Gasteiger partial charge in [0.15, 0.2) is 17.3 Å². The molecule has 148 valence electrons. The maximum atomic E-state index is 12.2. The fourth-order valence-electron chi connectivity index (χ4n) is 2.41. The quantitative estimate of drug-likeness (QED) is 0.580. The van der Waals surface area contributed by atoms with Gasteiger partial charge in [0.1, 0.15) is 10.8 Å². The van der Waals surface area contributed by atoms with E-state index in [1.165, 1.54) is 11.8 Å². The number of amides is 1. The minimum absolute atomic E-state index is 0.117. The van der Waals surface area contributed by atoms with Crippen LogP contribution in [0.1, 0.15) is 18.4 Å². The van der Waals surface area contributed by atoms with E-state index in [0.29, 0.717) is 28.8 Å². The van der Waals surface area contributed by atoms with E-state index in [9.17, 15) is 4.79 Å². The number of aryl methyl sites for hydroxylation is 1. The smallest absolute Gasteiger partial charge is 0.238 e. The Morgan fingerprint density at radius 1 is 1.29 bits per heavy atom. The fourth-order valence-corrected chi connectivity index (χ4v) is 4.12. The van der Waals surface area contributed by atoms with E-state index < -0.39 is 0 Å². The molecule has 1 unspecified atom stereocenters. The summed E-state index contributed by atoms with van der Waals surface area (Å²) in [5.41, 5.74) is 1.89. The first-order valence-electron chi connectivity index (χ1n) is 8.52. The van der Waals surface area contributed by atoms with Crippen molar-refractivity contribution in [3.05, 3.63) is 41.1 Å². The Bertz CT molecular complexity index is 954. The monoisotopic (exact) mass is 419 g/mol. The number of thioether (sulfide) groups is 1. The van der Waals surface area contributed by atoms with E-state index in [0.717, 1.165) is 16.3 Å². The second-order valence-corrected chi connectivity index (χ2v) is 8.17. The highest BCUT2D eigenvalue weighted by Gasteiger charge is 2.16.